The van der Waals surface area contributed by atoms with Gasteiger partial charge in [0, 0.05) is 12.1 Å². The fourth-order valence-corrected chi connectivity index (χ4v) is 4.20. The molecule has 5 nitrogen and oxygen atoms in total. The van der Waals surface area contributed by atoms with Gasteiger partial charge in [0.2, 0.25) is 5.89 Å². The number of amides is 1. The molecule has 156 valence electrons. The number of hydrogen-bond acceptors (Lipinski definition) is 4. The Morgan fingerprint density at radius 3 is 2.68 bits per heavy atom. The van der Waals surface area contributed by atoms with Gasteiger partial charge in [0.1, 0.15) is 17.3 Å². The lowest BCUT2D eigenvalue weighted by Gasteiger charge is -2.22. The zero-order valence-electron chi connectivity index (χ0n) is 17.7. The van der Waals surface area contributed by atoms with Crippen LogP contribution in [-0.2, 0) is 0 Å². The normalized spacial score (nSPS) is 16.1. The molecular weight excluding hydrogens is 388 g/mol. The molecule has 1 amide bonds. The van der Waals surface area contributed by atoms with Crippen LogP contribution in [-0.4, -0.2) is 29.4 Å². The molecular formula is C26H24N2O3. The molecule has 4 aromatic rings. The van der Waals surface area contributed by atoms with Gasteiger partial charge in [-0.05, 0) is 67.3 Å². The van der Waals surface area contributed by atoms with Gasteiger partial charge in [-0.1, -0.05) is 35.9 Å². The third-order valence-corrected chi connectivity index (χ3v) is 5.90. The van der Waals surface area contributed by atoms with E-state index in [1.807, 2.05) is 78.6 Å². The molecule has 1 atom stereocenters. The highest BCUT2D eigenvalue weighted by Gasteiger charge is 2.34. The van der Waals surface area contributed by atoms with Gasteiger partial charge in [0.15, 0.2) is 5.58 Å². The maximum atomic E-state index is 13.1. The van der Waals surface area contributed by atoms with Gasteiger partial charge in [0.05, 0.1) is 7.11 Å². The molecule has 1 saturated heterocycles. The molecule has 0 spiro atoms. The van der Waals surface area contributed by atoms with Gasteiger partial charge in [-0.3, -0.25) is 4.79 Å². The van der Waals surface area contributed by atoms with Crippen LogP contribution in [0, 0.1) is 6.92 Å². The number of ether oxygens (including phenoxy) is 1. The van der Waals surface area contributed by atoms with Gasteiger partial charge >= 0.3 is 0 Å². The fourth-order valence-electron chi connectivity index (χ4n) is 4.20. The van der Waals surface area contributed by atoms with Crippen LogP contribution in [0.3, 0.4) is 0 Å². The average Bonchev–Trinajstić information content (AvgIpc) is 3.45. The second-order valence-corrected chi connectivity index (χ2v) is 7.99. The molecule has 0 saturated carbocycles. The van der Waals surface area contributed by atoms with Crippen molar-refractivity contribution in [3.63, 3.8) is 0 Å². The molecule has 0 N–H and O–H groups in total. The smallest absolute Gasteiger partial charge is 0.254 e. The first kappa shape index (κ1) is 19.4. The molecule has 5 rings (SSSR count). The maximum absolute atomic E-state index is 13.1. The van der Waals surface area contributed by atoms with E-state index in [2.05, 4.69) is 0 Å². The van der Waals surface area contributed by atoms with Crippen molar-refractivity contribution < 1.29 is 13.9 Å². The highest BCUT2D eigenvalue weighted by molar-refractivity contribution is 5.94. The molecule has 0 unspecified atom stereocenters. The minimum Gasteiger partial charge on any atom is -0.497 e. The van der Waals surface area contributed by atoms with Gasteiger partial charge in [-0.2, -0.15) is 0 Å². The van der Waals surface area contributed by atoms with Crippen molar-refractivity contribution in [1.29, 1.82) is 0 Å². The first-order chi connectivity index (χ1) is 15.1. The Labute approximate surface area is 181 Å². The Hall–Kier alpha value is -3.60. The van der Waals surface area contributed by atoms with Crippen molar-refractivity contribution in [2.24, 2.45) is 0 Å². The fraction of sp³-hybridized carbons (Fsp3) is 0.231. The monoisotopic (exact) mass is 412 g/mol. The van der Waals surface area contributed by atoms with Crippen LogP contribution in [0.1, 0.15) is 40.7 Å². The Morgan fingerprint density at radius 1 is 1.06 bits per heavy atom. The first-order valence-electron chi connectivity index (χ1n) is 10.5. The van der Waals surface area contributed by atoms with Crippen LogP contribution >= 0.6 is 0 Å². The molecule has 31 heavy (non-hydrogen) atoms. The molecule has 5 heteroatoms. The molecule has 0 bridgehead atoms. The highest BCUT2D eigenvalue weighted by Crippen LogP contribution is 2.35. The summed E-state index contributed by atoms with van der Waals surface area (Å²) in [5.74, 6) is 1.45. The predicted octanol–water partition coefficient (Wildman–Crippen LogP) is 5.79. The number of aromatic nitrogens is 1. The number of aryl methyl sites for hydroxylation is 1. The Morgan fingerprint density at radius 2 is 1.87 bits per heavy atom. The second-order valence-electron chi connectivity index (χ2n) is 7.99. The Bertz CT molecular complexity index is 1240. The second kappa shape index (κ2) is 7.91. The summed E-state index contributed by atoms with van der Waals surface area (Å²) in [5, 5.41) is 0. The van der Waals surface area contributed by atoms with E-state index in [-0.39, 0.29) is 11.9 Å². The molecule has 1 aliphatic heterocycles. The summed E-state index contributed by atoms with van der Waals surface area (Å²) in [5.41, 5.74) is 5.48. The molecule has 1 aliphatic rings. The van der Waals surface area contributed by atoms with E-state index in [1.165, 1.54) is 0 Å². The summed E-state index contributed by atoms with van der Waals surface area (Å²) >= 11 is 0. The number of likely N-dealkylation sites (tertiary alicyclic amines) is 1. The summed E-state index contributed by atoms with van der Waals surface area (Å²) in [7, 11) is 1.66. The van der Waals surface area contributed by atoms with Gasteiger partial charge in [0.25, 0.3) is 5.91 Å². The first-order valence-corrected chi connectivity index (χ1v) is 10.5. The van der Waals surface area contributed by atoms with E-state index < -0.39 is 0 Å². The number of nitrogens with zero attached hydrogens (tertiary/aromatic N) is 2. The topological polar surface area (TPSA) is 55.6 Å². The van der Waals surface area contributed by atoms with E-state index >= 15 is 0 Å². The summed E-state index contributed by atoms with van der Waals surface area (Å²) in [6.45, 7) is 2.73. The SMILES string of the molecule is COc1cccc(-c2ccc3oc([C@H]4CCCN4C(=O)c4ccc(C)cc4)nc3c2)c1. The van der Waals surface area contributed by atoms with Crippen LogP contribution in [0.15, 0.2) is 71.1 Å². The molecule has 3 aromatic carbocycles. The molecule has 1 aromatic heterocycles. The van der Waals surface area contributed by atoms with E-state index in [0.29, 0.717) is 18.0 Å². The van der Waals surface area contributed by atoms with Crippen LogP contribution in [0.25, 0.3) is 22.2 Å². The minimum atomic E-state index is -0.138. The summed E-state index contributed by atoms with van der Waals surface area (Å²) in [6, 6.07) is 21.5. The molecule has 1 fully saturated rings. The highest BCUT2D eigenvalue weighted by atomic mass is 16.5. The van der Waals surface area contributed by atoms with Gasteiger partial charge < -0.3 is 14.1 Å². The lowest BCUT2D eigenvalue weighted by Crippen LogP contribution is -2.30. The van der Waals surface area contributed by atoms with Crippen molar-refractivity contribution in [3.05, 3.63) is 83.7 Å². The molecule has 0 aliphatic carbocycles. The number of carbonyl (C=O) groups excluding carboxylic acids is 1. The van der Waals surface area contributed by atoms with E-state index in [4.69, 9.17) is 14.1 Å². The summed E-state index contributed by atoms with van der Waals surface area (Å²) in [4.78, 5) is 19.8. The van der Waals surface area contributed by atoms with E-state index in [1.54, 1.807) is 7.11 Å². The summed E-state index contributed by atoms with van der Waals surface area (Å²) in [6.07, 6.45) is 1.79. The van der Waals surface area contributed by atoms with Gasteiger partial charge in [-0.25, -0.2) is 4.98 Å². The van der Waals surface area contributed by atoms with Crippen molar-refractivity contribution in [1.82, 2.24) is 9.88 Å². The minimum absolute atomic E-state index is 0.0295. The largest absolute Gasteiger partial charge is 0.497 e. The number of benzene rings is 3. The maximum Gasteiger partial charge on any atom is 0.254 e. The van der Waals surface area contributed by atoms with Crippen LogP contribution in [0.5, 0.6) is 5.75 Å². The number of carbonyl (C=O) groups is 1. The van der Waals surface area contributed by atoms with Crippen molar-refractivity contribution in [3.8, 4) is 16.9 Å². The Balaban J connectivity index is 1.45. The molecule has 2 heterocycles. The molecule has 0 radical (unpaired) electrons. The van der Waals surface area contributed by atoms with Crippen LogP contribution in [0.4, 0.5) is 0 Å². The zero-order valence-corrected chi connectivity index (χ0v) is 17.7. The number of oxazole rings is 1. The summed E-state index contributed by atoms with van der Waals surface area (Å²) < 4.78 is 11.4. The number of hydrogen-bond donors (Lipinski definition) is 0. The van der Waals surface area contributed by atoms with Crippen molar-refractivity contribution >= 4 is 17.0 Å². The Kier molecular flexibility index (Phi) is 4.94. The third kappa shape index (κ3) is 3.67. The average molecular weight is 412 g/mol. The standard InChI is InChI=1S/C26H24N2O3/c1-17-8-10-18(11-9-17)26(29)28-14-4-7-23(28)25-27-22-16-20(12-13-24(22)31-25)19-5-3-6-21(15-19)30-2/h3,5-6,8-13,15-16,23H,4,7,14H2,1-2H3/t23-/m1/s1. The third-order valence-electron chi connectivity index (χ3n) is 5.90. The predicted molar refractivity (Wildman–Crippen MR) is 120 cm³/mol. The quantitative estimate of drug-likeness (QED) is 0.426. The van der Waals surface area contributed by atoms with Crippen LogP contribution < -0.4 is 4.74 Å². The van der Waals surface area contributed by atoms with E-state index in [9.17, 15) is 4.79 Å². The van der Waals surface area contributed by atoms with Crippen molar-refractivity contribution in [2.45, 2.75) is 25.8 Å². The lowest BCUT2D eigenvalue weighted by atomic mass is 10.1. The number of rotatable bonds is 4. The van der Waals surface area contributed by atoms with E-state index in [0.717, 1.165) is 46.4 Å². The van der Waals surface area contributed by atoms with Gasteiger partial charge in [-0.15, -0.1) is 0 Å². The van der Waals surface area contributed by atoms with Crippen molar-refractivity contribution in [2.75, 3.05) is 13.7 Å². The lowest BCUT2D eigenvalue weighted by molar-refractivity contribution is 0.0717. The zero-order chi connectivity index (χ0) is 21.4. The van der Waals surface area contributed by atoms with Crippen LogP contribution in [0.2, 0.25) is 0 Å². The number of fused-ring (bicyclic) bond motifs is 1. The number of methoxy groups -OCH3 is 1.